The van der Waals surface area contributed by atoms with Crippen molar-refractivity contribution >= 4 is 39.3 Å². The van der Waals surface area contributed by atoms with Crippen LogP contribution in [0.15, 0.2) is 80.1 Å². The lowest BCUT2D eigenvalue weighted by molar-refractivity contribution is -0.136. The van der Waals surface area contributed by atoms with Gasteiger partial charge in [0.05, 0.1) is 29.0 Å². The van der Waals surface area contributed by atoms with Gasteiger partial charge in [0.1, 0.15) is 0 Å². The number of hydrogen-bond acceptors (Lipinski definition) is 5. The predicted molar refractivity (Wildman–Crippen MR) is 121 cm³/mol. The number of halogens is 1. The molecule has 1 aliphatic rings. The molecule has 0 saturated heterocycles. The summed E-state index contributed by atoms with van der Waals surface area (Å²) in [5.41, 5.74) is 2.62. The molecule has 152 valence electrons. The van der Waals surface area contributed by atoms with Crippen molar-refractivity contribution in [3.8, 4) is 0 Å². The van der Waals surface area contributed by atoms with E-state index in [2.05, 4.69) is 20.9 Å². The van der Waals surface area contributed by atoms with Crippen LogP contribution in [0.2, 0.25) is 0 Å². The van der Waals surface area contributed by atoms with Crippen LogP contribution in [0.5, 0.6) is 0 Å². The number of esters is 1. The Bertz CT molecular complexity index is 1320. The van der Waals surface area contributed by atoms with E-state index in [0.29, 0.717) is 27.0 Å². The standard InChI is InChI=1S/C23H19BrN2O3S/c1-3-17-19(22(28)29-2)20(14-9-5-4-6-10-14)26-21(27)18(30-23(26)25-17)13-15-11-7-8-12-16(15)24/h4-13,20H,3H2,1-2H3/b18-13-/t20-/m1/s1. The maximum Gasteiger partial charge on any atom is 0.338 e. The fourth-order valence-corrected chi connectivity index (χ4v) is 4.96. The Morgan fingerprint density at radius 2 is 1.90 bits per heavy atom. The molecule has 0 unspecified atom stereocenters. The first-order chi connectivity index (χ1) is 14.5. The maximum absolute atomic E-state index is 13.5. The Morgan fingerprint density at radius 3 is 2.57 bits per heavy atom. The Morgan fingerprint density at radius 1 is 1.20 bits per heavy atom. The summed E-state index contributed by atoms with van der Waals surface area (Å²) >= 11 is 4.85. The molecule has 0 spiro atoms. The number of rotatable bonds is 4. The normalized spacial score (nSPS) is 16.2. The molecule has 2 heterocycles. The van der Waals surface area contributed by atoms with Crippen LogP contribution < -0.4 is 14.9 Å². The number of thiazole rings is 1. The highest BCUT2D eigenvalue weighted by Gasteiger charge is 2.33. The molecule has 1 atom stereocenters. The van der Waals surface area contributed by atoms with Crippen LogP contribution in [0, 0.1) is 0 Å². The fraction of sp³-hybridized carbons (Fsp3) is 0.174. The number of ether oxygens (including phenoxy) is 1. The first-order valence-electron chi connectivity index (χ1n) is 9.47. The van der Waals surface area contributed by atoms with Crippen LogP contribution in [-0.2, 0) is 9.53 Å². The summed E-state index contributed by atoms with van der Waals surface area (Å²) in [6.45, 7) is 1.94. The summed E-state index contributed by atoms with van der Waals surface area (Å²) in [6, 6.07) is 16.7. The molecule has 1 aliphatic heterocycles. The second-order valence-electron chi connectivity index (χ2n) is 6.72. The van der Waals surface area contributed by atoms with Crippen LogP contribution in [0.25, 0.3) is 6.08 Å². The molecule has 3 aromatic rings. The number of methoxy groups -OCH3 is 1. The SMILES string of the molecule is CCC1=C(C(=O)OC)[C@@H](c2ccccc2)n2c(s/c(=C\c3ccccc3Br)c2=O)=N1. The lowest BCUT2D eigenvalue weighted by Gasteiger charge is -2.25. The minimum absolute atomic E-state index is 0.181. The van der Waals surface area contributed by atoms with Crippen molar-refractivity contribution in [3.63, 3.8) is 0 Å². The highest BCUT2D eigenvalue weighted by atomic mass is 79.9. The molecule has 2 aromatic carbocycles. The van der Waals surface area contributed by atoms with Gasteiger partial charge in [-0.05, 0) is 29.7 Å². The van der Waals surface area contributed by atoms with Crippen molar-refractivity contribution in [2.75, 3.05) is 7.11 Å². The largest absolute Gasteiger partial charge is 0.466 e. The van der Waals surface area contributed by atoms with E-state index in [1.807, 2.05) is 67.6 Å². The van der Waals surface area contributed by atoms with Crippen molar-refractivity contribution in [3.05, 3.63) is 101 Å². The first-order valence-corrected chi connectivity index (χ1v) is 11.1. The zero-order valence-corrected chi connectivity index (χ0v) is 18.9. The van der Waals surface area contributed by atoms with E-state index in [9.17, 15) is 9.59 Å². The van der Waals surface area contributed by atoms with Gasteiger partial charge < -0.3 is 4.74 Å². The van der Waals surface area contributed by atoms with Crippen molar-refractivity contribution < 1.29 is 9.53 Å². The minimum Gasteiger partial charge on any atom is -0.466 e. The Balaban J connectivity index is 2.02. The molecule has 7 heteroatoms. The van der Waals surface area contributed by atoms with Crippen molar-refractivity contribution in [2.45, 2.75) is 19.4 Å². The molecule has 0 bridgehead atoms. The van der Waals surface area contributed by atoms with E-state index in [0.717, 1.165) is 15.6 Å². The molecule has 0 radical (unpaired) electrons. The molecule has 4 rings (SSSR count). The summed E-state index contributed by atoms with van der Waals surface area (Å²) in [6.07, 6.45) is 2.41. The van der Waals surface area contributed by atoms with Crippen LogP contribution in [0.3, 0.4) is 0 Å². The zero-order valence-electron chi connectivity index (χ0n) is 16.5. The van der Waals surface area contributed by atoms with Gasteiger partial charge in [-0.1, -0.05) is 82.7 Å². The second kappa shape index (κ2) is 8.53. The summed E-state index contributed by atoms with van der Waals surface area (Å²) in [5.74, 6) is -0.468. The third kappa shape index (κ3) is 3.59. The van der Waals surface area contributed by atoms with Crippen molar-refractivity contribution in [1.29, 1.82) is 0 Å². The molecular weight excluding hydrogens is 464 g/mol. The molecule has 5 nitrogen and oxygen atoms in total. The number of carbonyl (C=O) groups excluding carboxylic acids is 1. The lowest BCUT2D eigenvalue weighted by Crippen LogP contribution is -2.40. The van der Waals surface area contributed by atoms with E-state index in [1.165, 1.54) is 18.4 Å². The topological polar surface area (TPSA) is 60.7 Å². The number of benzene rings is 2. The van der Waals surface area contributed by atoms with Gasteiger partial charge in [0.25, 0.3) is 5.56 Å². The van der Waals surface area contributed by atoms with Gasteiger partial charge in [0, 0.05) is 4.47 Å². The highest BCUT2D eigenvalue weighted by Crippen LogP contribution is 2.31. The Hall–Kier alpha value is -2.77. The van der Waals surface area contributed by atoms with E-state index in [-0.39, 0.29) is 5.56 Å². The lowest BCUT2D eigenvalue weighted by atomic mass is 9.95. The Kier molecular flexibility index (Phi) is 5.83. The Labute approximate surface area is 185 Å². The molecule has 0 fully saturated rings. The van der Waals surface area contributed by atoms with E-state index in [4.69, 9.17) is 4.74 Å². The number of allylic oxidation sites excluding steroid dienone is 1. The van der Waals surface area contributed by atoms with Gasteiger partial charge in [-0.2, -0.15) is 0 Å². The number of nitrogens with zero attached hydrogens (tertiary/aromatic N) is 2. The molecule has 0 N–H and O–H groups in total. The number of hydrogen-bond donors (Lipinski definition) is 0. The maximum atomic E-state index is 13.5. The van der Waals surface area contributed by atoms with E-state index in [1.54, 1.807) is 4.57 Å². The molecule has 1 aromatic heterocycles. The number of aromatic nitrogens is 1. The van der Waals surface area contributed by atoms with Gasteiger partial charge in [-0.3, -0.25) is 9.36 Å². The average molecular weight is 483 g/mol. The summed E-state index contributed by atoms with van der Waals surface area (Å²) in [4.78, 5) is 31.4. The van der Waals surface area contributed by atoms with Crippen LogP contribution in [-0.4, -0.2) is 17.6 Å². The molecule has 0 amide bonds. The predicted octanol–water partition coefficient (Wildman–Crippen LogP) is 3.56. The van der Waals surface area contributed by atoms with Gasteiger partial charge in [0.2, 0.25) is 0 Å². The monoisotopic (exact) mass is 482 g/mol. The van der Waals surface area contributed by atoms with E-state index >= 15 is 0 Å². The van der Waals surface area contributed by atoms with Crippen molar-refractivity contribution in [2.24, 2.45) is 4.99 Å². The van der Waals surface area contributed by atoms with Gasteiger partial charge in [-0.25, -0.2) is 9.79 Å². The van der Waals surface area contributed by atoms with Gasteiger partial charge in [0.15, 0.2) is 4.80 Å². The first kappa shape index (κ1) is 20.5. The number of carbonyl (C=O) groups is 1. The van der Waals surface area contributed by atoms with Crippen LogP contribution in [0.4, 0.5) is 0 Å². The van der Waals surface area contributed by atoms with Crippen LogP contribution >= 0.6 is 27.3 Å². The van der Waals surface area contributed by atoms with Gasteiger partial charge in [-0.15, -0.1) is 0 Å². The highest BCUT2D eigenvalue weighted by molar-refractivity contribution is 9.10. The van der Waals surface area contributed by atoms with Crippen molar-refractivity contribution in [1.82, 2.24) is 4.57 Å². The summed E-state index contributed by atoms with van der Waals surface area (Å²) in [7, 11) is 1.35. The third-order valence-electron chi connectivity index (χ3n) is 4.96. The van der Waals surface area contributed by atoms with Gasteiger partial charge >= 0.3 is 5.97 Å². The molecule has 0 saturated carbocycles. The van der Waals surface area contributed by atoms with Crippen LogP contribution in [0.1, 0.15) is 30.5 Å². The quantitative estimate of drug-likeness (QED) is 0.534. The zero-order chi connectivity index (χ0) is 21.3. The smallest absolute Gasteiger partial charge is 0.338 e. The minimum atomic E-state index is -0.578. The second-order valence-corrected chi connectivity index (χ2v) is 8.58. The number of fused-ring (bicyclic) bond motifs is 1. The molecule has 0 aliphatic carbocycles. The third-order valence-corrected chi connectivity index (χ3v) is 6.66. The van der Waals surface area contributed by atoms with E-state index < -0.39 is 12.0 Å². The average Bonchev–Trinajstić information content (AvgIpc) is 3.09. The fourth-order valence-electron chi connectivity index (χ4n) is 3.55. The summed E-state index contributed by atoms with van der Waals surface area (Å²) in [5, 5.41) is 0. The summed E-state index contributed by atoms with van der Waals surface area (Å²) < 4.78 is 8.13. The molecular formula is C23H19BrN2O3S. The molecule has 30 heavy (non-hydrogen) atoms.